The Hall–Kier alpha value is -1.44. The highest BCUT2D eigenvalue weighted by atomic mass is 32.2. The molecule has 7 heteroatoms. The second kappa shape index (κ2) is 8.11. The first-order valence-corrected chi connectivity index (χ1v) is 8.21. The lowest BCUT2D eigenvalue weighted by Crippen LogP contribution is -2.28. The van der Waals surface area contributed by atoms with Gasteiger partial charge >= 0.3 is 5.97 Å². The average molecular weight is 315 g/mol. The minimum atomic E-state index is -3.55. The Balaban J connectivity index is 2.56. The van der Waals surface area contributed by atoms with Crippen LogP contribution >= 0.6 is 0 Å². The molecule has 0 saturated heterocycles. The lowest BCUT2D eigenvalue weighted by atomic mass is 10.1. The predicted octanol–water partition coefficient (Wildman–Crippen LogP) is 1.41. The van der Waals surface area contributed by atoms with E-state index in [9.17, 15) is 13.2 Å². The van der Waals surface area contributed by atoms with Gasteiger partial charge in [0.1, 0.15) is 0 Å². The van der Waals surface area contributed by atoms with Gasteiger partial charge in [0.25, 0.3) is 0 Å². The summed E-state index contributed by atoms with van der Waals surface area (Å²) in [5.41, 5.74) is 0.791. The maximum Gasteiger partial charge on any atom is 0.303 e. The molecule has 0 heterocycles. The molecule has 0 atom stereocenters. The maximum atomic E-state index is 12.0. The van der Waals surface area contributed by atoms with Crippen molar-refractivity contribution < 1.29 is 23.1 Å². The van der Waals surface area contributed by atoms with Crippen LogP contribution in [0.3, 0.4) is 0 Å². The minimum absolute atomic E-state index is 0.0247. The molecule has 0 unspecified atom stereocenters. The molecule has 0 fully saturated rings. The summed E-state index contributed by atoms with van der Waals surface area (Å²) in [6, 6.07) is 6.20. The third-order valence-electron chi connectivity index (χ3n) is 2.71. The smallest absolute Gasteiger partial charge is 0.303 e. The van der Waals surface area contributed by atoms with E-state index < -0.39 is 16.0 Å². The summed E-state index contributed by atoms with van der Waals surface area (Å²) in [6.45, 7) is 4.28. The van der Waals surface area contributed by atoms with Crippen molar-refractivity contribution in [2.75, 3.05) is 13.2 Å². The van der Waals surface area contributed by atoms with E-state index in [-0.39, 0.29) is 24.0 Å². The summed E-state index contributed by atoms with van der Waals surface area (Å²) >= 11 is 0. The number of aryl methyl sites for hydroxylation is 1. The van der Waals surface area contributed by atoms with Gasteiger partial charge < -0.3 is 9.84 Å². The highest BCUT2D eigenvalue weighted by Crippen LogP contribution is 2.11. The summed E-state index contributed by atoms with van der Waals surface area (Å²) in [7, 11) is -3.55. The number of aliphatic carboxylic acids is 1. The summed E-state index contributed by atoms with van der Waals surface area (Å²) in [4.78, 5) is 10.6. The molecule has 0 radical (unpaired) electrons. The van der Waals surface area contributed by atoms with E-state index in [0.717, 1.165) is 5.56 Å². The summed E-state index contributed by atoms with van der Waals surface area (Å²) in [5, 5.41) is 8.60. The molecule has 118 valence electrons. The van der Waals surface area contributed by atoms with Crippen LogP contribution in [-0.4, -0.2) is 38.7 Å². The number of nitrogens with one attached hydrogen (secondary N) is 1. The maximum absolute atomic E-state index is 12.0. The fourth-order valence-corrected chi connectivity index (χ4v) is 2.65. The van der Waals surface area contributed by atoms with Gasteiger partial charge in [0, 0.05) is 13.0 Å². The van der Waals surface area contributed by atoms with Gasteiger partial charge in [-0.25, -0.2) is 13.1 Å². The van der Waals surface area contributed by atoms with Gasteiger partial charge in [-0.2, -0.15) is 0 Å². The highest BCUT2D eigenvalue weighted by Gasteiger charge is 2.13. The molecule has 0 aliphatic heterocycles. The second-order valence-electron chi connectivity index (χ2n) is 4.86. The molecule has 6 nitrogen and oxygen atoms in total. The Morgan fingerprint density at radius 3 is 2.43 bits per heavy atom. The molecule has 0 amide bonds. The van der Waals surface area contributed by atoms with Crippen molar-refractivity contribution in [3.63, 3.8) is 0 Å². The molecule has 0 aliphatic carbocycles. The molecule has 0 aromatic heterocycles. The normalized spacial score (nSPS) is 11.8. The van der Waals surface area contributed by atoms with Crippen LogP contribution in [0.25, 0.3) is 0 Å². The van der Waals surface area contributed by atoms with Crippen LogP contribution in [0.1, 0.15) is 25.8 Å². The summed E-state index contributed by atoms with van der Waals surface area (Å²) in [5.74, 6) is -0.876. The SMILES string of the molecule is CC(C)OCCNS(=O)(=O)c1ccc(CCC(=O)O)cc1. The second-order valence-corrected chi connectivity index (χ2v) is 6.62. The zero-order valence-electron chi connectivity index (χ0n) is 12.2. The van der Waals surface area contributed by atoms with Crippen molar-refractivity contribution in [1.29, 1.82) is 0 Å². The number of hydrogen-bond donors (Lipinski definition) is 2. The first-order valence-electron chi connectivity index (χ1n) is 6.73. The van der Waals surface area contributed by atoms with Crippen LogP contribution in [0.5, 0.6) is 0 Å². The Morgan fingerprint density at radius 2 is 1.90 bits per heavy atom. The lowest BCUT2D eigenvalue weighted by Gasteiger charge is -2.09. The Kier molecular flexibility index (Phi) is 6.80. The van der Waals surface area contributed by atoms with E-state index in [1.807, 2.05) is 13.8 Å². The topological polar surface area (TPSA) is 92.7 Å². The van der Waals surface area contributed by atoms with Crippen molar-refractivity contribution in [2.24, 2.45) is 0 Å². The highest BCUT2D eigenvalue weighted by molar-refractivity contribution is 7.89. The number of carboxylic acid groups (broad SMARTS) is 1. The molecule has 2 N–H and O–H groups in total. The fourth-order valence-electron chi connectivity index (χ4n) is 1.64. The van der Waals surface area contributed by atoms with E-state index in [1.165, 1.54) is 12.1 Å². The molecule has 0 bridgehead atoms. The molecule has 0 saturated carbocycles. The Bertz CT molecular complexity index is 551. The van der Waals surface area contributed by atoms with Crippen molar-refractivity contribution in [3.8, 4) is 0 Å². The minimum Gasteiger partial charge on any atom is -0.481 e. The molecule has 0 spiro atoms. The van der Waals surface area contributed by atoms with Crippen LogP contribution in [0.4, 0.5) is 0 Å². The Morgan fingerprint density at radius 1 is 1.29 bits per heavy atom. The van der Waals surface area contributed by atoms with E-state index in [1.54, 1.807) is 12.1 Å². The summed E-state index contributed by atoms with van der Waals surface area (Å²) < 4.78 is 31.7. The number of hydrogen-bond acceptors (Lipinski definition) is 4. The number of ether oxygens (including phenoxy) is 1. The number of carboxylic acids is 1. The van der Waals surface area contributed by atoms with Crippen molar-refractivity contribution in [3.05, 3.63) is 29.8 Å². The quantitative estimate of drug-likeness (QED) is 0.672. The van der Waals surface area contributed by atoms with Crippen molar-refractivity contribution in [2.45, 2.75) is 37.7 Å². The van der Waals surface area contributed by atoms with Crippen LogP contribution in [-0.2, 0) is 26.0 Å². The number of carbonyl (C=O) groups is 1. The van der Waals surface area contributed by atoms with Gasteiger partial charge in [-0.1, -0.05) is 12.1 Å². The van der Waals surface area contributed by atoms with Crippen LogP contribution in [0, 0.1) is 0 Å². The van der Waals surface area contributed by atoms with Gasteiger partial charge in [0.15, 0.2) is 0 Å². The predicted molar refractivity (Wildman–Crippen MR) is 78.7 cm³/mol. The zero-order chi connectivity index (χ0) is 15.9. The number of sulfonamides is 1. The Labute approximate surface area is 125 Å². The van der Waals surface area contributed by atoms with Crippen LogP contribution in [0.2, 0.25) is 0 Å². The lowest BCUT2D eigenvalue weighted by molar-refractivity contribution is -0.136. The largest absolute Gasteiger partial charge is 0.481 e. The van der Waals surface area contributed by atoms with E-state index >= 15 is 0 Å². The third kappa shape index (κ3) is 6.70. The van der Waals surface area contributed by atoms with Gasteiger partial charge in [-0.05, 0) is 38.0 Å². The molecule has 1 rings (SSSR count). The molecular formula is C14H21NO5S. The van der Waals surface area contributed by atoms with Crippen molar-refractivity contribution in [1.82, 2.24) is 4.72 Å². The first kappa shape index (κ1) is 17.6. The van der Waals surface area contributed by atoms with Crippen molar-refractivity contribution >= 4 is 16.0 Å². The van der Waals surface area contributed by atoms with E-state index in [4.69, 9.17) is 9.84 Å². The molecular weight excluding hydrogens is 294 g/mol. The van der Waals surface area contributed by atoms with E-state index in [2.05, 4.69) is 4.72 Å². The summed E-state index contributed by atoms with van der Waals surface area (Å²) in [6.07, 6.45) is 0.463. The molecule has 21 heavy (non-hydrogen) atoms. The van der Waals surface area contributed by atoms with Gasteiger partial charge in [-0.3, -0.25) is 4.79 Å². The monoisotopic (exact) mass is 315 g/mol. The third-order valence-corrected chi connectivity index (χ3v) is 4.18. The average Bonchev–Trinajstić information content (AvgIpc) is 2.41. The number of rotatable bonds is 9. The molecule has 0 aliphatic rings. The van der Waals surface area contributed by atoms with Gasteiger partial charge in [0.05, 0.1) is 17.6 Å². The number of benzene rings is 1. The fraction of sp³-hybridized carbons (Fsp3) is 0.500. The first-order chi connectivity index (χ1) is 9.81. The van der Waals surface area contributed by atoms with Crippen LogP contribution < -0.4 is 4.72 Å². The van der Waals surface area contributed by atoms with Crippen LogP contribution in [0.15, 0.2) is 29.2 Å². The molecule has 1 aromatic carbocycles. The molecule has 1 aromatic rings. The zero-order valence-corrected chi connectivity index (χ0v) is 13.0. The van der Waals surface area contributed by atoms with Gasteiger partial charge in [-0.15, -0.1) is 0 Å². The van der Waals surface area contributed by atoms with E-state index in [0.29, 0.717) is 13.0 Å². The van der Waals surface area contributed by atoms with Gasteiger partial charge in [0.2, 0.25) is 10.0 Å². The standard InChI is InChI=1S/C14H21NO5S/c1-11(2)20-10-9-15-21(18,19)13-6-3-12(4-7-13)5-8-14(16)17/h3-4,6-7,11,15H,5,8-10H2,1-2H3,(H,16,17).